The van der Waals surface area contributed by atoms with E-state index in [4.69, 9.17) is 9.47 Å². The summed E-state index contributed by atoms with van der Waals surface area (Å²) in [5.74, 6) is 1.19. The van der Waals surface area contributed by atoms with E-state index in [-0.39, 0.29) is 10.6 Å². The summed E-state index contributed by atoms with van der Waals surface area (Å²) in [5.41, 5.74) is 2.52. The summed E-state index contributed by atoms with van der Waals surface area (Å²) in [5, 5.41) is 0. The number of alkyl halides is 1. The van der Waals surface area contributed by atoms with Gasteiger partial charge in [-0.2, -0.15) is 0 Å². The van der Waals surface area contributed by atoms with Gasteiger partial charge in [0.25, 0.3) is 0 Å². The molecule has 0 spiro atoms. The van der Waals surface area contributed by atoms with Crippen LogP contribution in [0.4, 0.5) is 4.39 Å². The Bertz CT molecular complexity index is 659. The van der Waals surface area contributed by atoms with E-state index in [1.54, 1.807) is 27.2 Å². The molecule has 112 valence electrons. The summed E-state index contributed by atoms with van der Waals surface area (Å²) in [6.45, 7) is 1.75. The molecule has 2 aromatic rings. The van der Waals surface area contributed by atoms with Crippen molar-refractivity contribution in [2.75, 3.05) is 14.2 Å². The topological polar surface area (TPSA) is 18.5 Å². The molecule has 0 heterocycles. The van der Waals surface area contributed by atoms with Crippen molar-refractivity contribution in [3.05, 3.63) is 57.3 Å². The lowest BCUT2D eigenvalue weighted by Gasteiger charge is -2.18. The number of rotatable bonds is 4. The molecule has 1 unspecified atom stereocenters. The van der Waals surface area contributed by atoms with Crippen LogP contribution in [0.5, 0.6) is 11.5 Å². The highest BCUT2D eigenvalue weighted by Gasteiger charge is 2.20. The SMILES string of the molecule is COc1ccc(C(Br)c2ccc(F)c(C)c2)c(OC)c1Br. The Morgan fingerprint density at radius 3 is 2.38 bits per heavy atom. The fraction of sp³-hybridized carbons (Fsp3) is 0.250. The molecular formula is C16H15Br2FO2. The monoisotopic (exact) mass is 416 g/mol. The van der Waals surface area contributed by atoms with Crippen molar-refractivity contribution in [1.82, 2.24) is 0 Å². The number of ether oxygens (including phenoxy) is 2. The van der Waals surface area contributed by atoms with Crippen LogP contribution in [0.2, 0.25) is 0 Å². The van der Waals surface area contributed by atoms with Crippen LogP contribution in [-0.4, -0.2) is 14.2 Å². The Hall–Kier alpha value is -1.07. The minimum atomic E-state index is -0.207. The highest BCUT2D eigenvalue weighted by Crippen LogP contribution is 2.44. The predicted molar refractivity (Wildman–Crippen MR) is 89.2 cm³/mol. The number of hydrogen-bond acceptors (Lipinski definition) is 2. The molecule has 21 heavy (non-hydrogen) atoms. The second kappa shape index (κ2) is 6.79. The zero-order valence-corrected chi connectivity index (χ0v) is 15.1. The van der Waals surface area contributed by atoms with Gasteiger partial charge in [0.05, 0.1) is 19.0 Å². The van der Waals surface area contributed by atoms with Crippen LogP contribution < -0.4 is 9.47 Å². The van der Waals surface area contributed by atoms with Gasteiger partial charge < -0.3 is 9.47 Å². The van der Waals surface area contributed by atoms with E-state index in [1.165, 1.54) is 6.07 Å². The molecule has 0 saturated heterocycles. The summed E-state index contributed by atoms with van der Waals surface area (Å²) in [6.07, 6.45) is 0. The van der Waals surface area contributed by atoms with Gasteiger partial charge in [-0.3, -0.25) is 0 Å². The number of methoxy groups -OCH3 is 2. The van der Waals surface area contributed by atoms with Gasteiger partial charge in [0.15, 0.2) is 0 Å². The second-order valence-corrected chi connectivity index (χ2v) is 6.28. The van der Waals surface area contributed by atoms with Crippen molar-refractivity contribution < 1.29 is 13.9 Å². The van der Waals surface area contributed by atoms with Crippen molar-refractivity contribution in [2.45, 2.75) is 11.8 Å². The summed E-state index contributed by atoms with van der Waals surface area (Å²) < 4.78 is 24.9. The maximum absolute atomic E-state index is 13.4. The van der Waals surface area contributed by atoms with Gasteiger partial charge >= 0.3 is 0 Å². The van der Waals surface area contributed by atoms with E-state index < -0.39 is 0 Å². The van der Waals surface area contributed by atoms with Crippen LogP contribution in [-0.2, 0) is 0 Å². The number of hydrogen-bond donors (Lipinski definition) is 0. The lowest BCUT2D eigenvalue weighted by molar-refractivity contribution is 0.386. The van der Waals surface area contributed by atoms with Crippen molar-refractivity contribution in [3.8, 4) is 11.5 Å². The van der Waals surface area contributed by atoms with Gasteiger partial charge in [0.2, 0.25) is 0 Å². The third-order valence-electron chi connectivity index (χ3n) is 3.26. The van der Waals surface area contributed by atoms with E-state index in [2.05, 4.69) is 31.9 Å². The van der Waals surface area contributed by atoms with Gasteiger partial charge in [-0.05, 0) is 46.1 Å². The standard InChI is InChI=1S/C16H15Br2FO2/c1-9-8-10(4-6-12(9)19)14(17)11-5-7-13(20-2)15(18)16(11)21-3/h4-8,14H,1-3H3. The van der Waals surface area contributed by atoms with E-state index in [0.717, 1.165) is 15.6 Å². The first-order valence-electron chi connectivity index (χ1n) is 6.30. The molecule has 0 saturated carbocycles. The molecule has 0 aromatic heterocycles. The van der Waals surface area contributed by atoms with Crippen LogP contribution in [0.15, 0.2) is 34.8 Å². The summed E-state index contributed by atoms with van der Waals surface area (Å²) in [7, 11) is 3.22. The molecule has 5 heteroatoms. The van der Waals surface area contributed by atoms with Gasteiger partial charge in [0.1, 0.15) is 21.8 Å². The number of halogens is 3. The van der Waals surface area contributed by atoms with Crippen LogP contribution in [0.25, 0.3) is 0 Å². The summed E-state index contributed by atoms with van der Waals surface area (Å²) >= 11 is 7.15. The van der Waals surface area contributed by atoms with Gasteiger partial charge in [0, 0.05) is 5.56 Å². The molecule has 1 atom stereocenters. The number of aryl methyl sites for hydroxylation is 1. The Morgan fingerprint density at radius 2 is 1.81 bits per heavy atom. The normalized spacial score (nSPS) is 12.1. The third-order valence-corrected chi connectivity index (χ3v) is 5.04. The first-order valence-corrected chi connectivity index (χ1v) is 8.01. The molecule has 0 aliphatic rings. The maximum Gasteiger partial charge on any atom is 0.141 e. The van der Waals surface area contributed by atoms with Crippen LogP contribution >= 0.6 is 31.9 Å². The van der Waals surface area contributed by atoms with Crippen LogP contribution in [0, 0.1) is 12.7 Å². The molecule has 0 radical (unpaired) electrons. The Balaban J connectivity index is 2.50. The molecule has 0 fully saturated rings. The molecule has 2 nitrogen and oxygen atoms in total. The van der Waals surface area contributed by atoms with Crippen LogP contribution in [0.1, 0.15) is 21.5 Å². The Labute approximate surface area is 140 Å². The lowest BCUT2D eigenvalue weighted by Crippen LogP contribution is -2.00. The zero-order valence-electron chi connectivity index (χ0n) is 11.9. The fourth-order valence-electron chi connectivity index (χ4n) is 2.12. The average Bonchev–Trinajstić information content (AvgIpc) is 2.49. The van der Waals surface area contributed by atoms with Crippen molar-refractivity contribution in [1.29, 1.82) is 0 Å². The molecular weight excluding hydrogens is 403 g/mol. The van der Waals surface area contributed by atoms with Crippen LogP contribution in [0.3, 0.4) is 0 Å². The molecule has 0 bridgehead atoms. The Morgan fingerprint density at radius 1 is 1.10 bits per heavy atom. The minimum Gasteiger partial charge on any atom is -0.495 e. The summed E-state index contributed by atoms with van der Waals surface area (Å²) in [6, 6.07) is 8.86. The molecule has 0 N–H and O–H groups in total. The second-order valence-electron chi connectivity index (χ2n) is 4.58. The predicted octanol–water partition coefficient (Wildman–Crippen LogP) is 5.40. The highest BCUT2D eigenvalue weighted by molar-refractivity contribution is 9.10. The van der Waals surface area contributed by atoms with E-state index in [1.807, 2.05) is 18.2 Å². The van der Waals surface area contributed by atoms with Gasteiger partial charge in [-0.25, -0.2) is 4.39 Å². The quantitative estimate of drug-likeness (QED) is 0.620. The summed E-state index contributed by atoms with van der Waals surface area (Å²) in [4.78, 5) is -0.103. The first-order chi connectivity index (χ1) is 9.99. The van der Waals surface area contributed by atoms with Crippen molar-refractivity contribution in [2.24, 2.45) is 0 Å². The first kappa shape index (κ1) is 16.3. The molecule has 0 aliphatic carbocycles. The zero-order chi connectivity index (χ0) is 15.6. The van der Waals surface area contributed by atoms with E-state index >= 15 is 0 Å². The largest absolute Gasteiger partial charge is 0.495 e. The molecule has 0 amide bonds. The minimum absolute atomic E-state index is 0.103. The maximum atomic E-state index is 13.4. The molecule has 2 rings (SSSR count). The van der Waals surface area contributed by atoms with Gasteiger partial charge in [-0.15, -0.1) is 0 Å². The van der Waals surface area contributed by atoms with Crippen molar-refractivity contribution in [3.63, 3.8) is 0 Å². The smallest absolute Gasteiger partial charge is 0.141 e. The molecule has 0 aliphatic heterocycles. The van der Waals surface area contributed by atoms with E-state index in [0.29, 0.717) is 17.1 Å². The number of benzene rings is 2. The van der Waals surface area contributed by atoms with E-state index in [9.17, 15) is 4.39 Å². The Kier molecular flexibility index (Phi) is 5.27. The van der Waals surface area contributed by atoms with Crippen molar-refractivity contribution >= 4 is 31.9 Å². The third kappa shape index (κ3) is 3.24. The van der Waals surface area contributed by atoms with Gasteiger partial charge in [-0.1, -0.05) is 34.1 Å². The fourth-order valence-corrected chi connectivity index (χ4v) is 3.45. The molecule has 2 aromatic carbocycles. The lowest BCUT2D eigenvalue weighted by atomic mass is 10.0. The highest BCUT2D eigenvalue weighted by atomic mass is 79.9. The average molecular weight is 418 g/mol.